The van der Waals surface area contributed by atoms with Crippen LogP contribution in [0.4, 0.5) is 29.2 Å². The van der Waals surface area contributed by atoms with E-state index in [0.717, 1.165) is 32.0 Å². The van der Waals surface area contributed by atoms with Crippen LogP contribution in [0, 0.1) is 11.6 Å². The molecule has 188 valence electrons. The molecule has 0 amide bonds. The zero-order valence-electron chi connectivity index (χ0n) is 18.9. The van der Waals surface area contributed by atoms with Crippen LogP contribution < -0.4 is 15.4 Å². The molecule has 1 fully saturated rings. The average Bonchev–Trinajstić information content (AvgIpc) is 2.81. The number of rotatable bonds is 8. The van der Waals surface area contributed by atoms with E-state index < -0.39 is 45.4 Å². The normalized spacial score (nSPS) is 16.9. The highest BCUT2D eigenvalue weighted by Crippen LogP contribution is 2.31. The number of hydrogen-bond acceptors (Lipinski definition) is 6. The van der Waals surface area contributed by atoms with Crippen molar-refractivity contribution in [1.29, 1.82) is 0 Å². The van der Waals surface area contributed by atoms with Gasteiger partial charge in [0, 0.05) is 36.2 Å². The maximum atomic E-state index is 14.8. The third-order valence-corrected chi connectivity index (χ3v) is 6.95. The first kappa shape index (κ1) is 25.1. The Morgan fingerprint density at radius 3 is 2.69 bits per heavy atom. The Kier molecular flexibility index (Phi) is 7.13. The van der Waals surface area contributed by atoms with Crippen LogP contribution in [-0.2, 0) is 10.0 Å². The Labute approximate surface area is 200 Å². The van der Waals surface area contributed by atoms with Gasteiger partial charge in [-0.05, 0) is 56.1 Å². The van der Waals surface area contributed by atoms with Crippen LogP contribution in [0.2, 0.25) is 0 Å². The minimum atomic E-state index is -4.29. The van der Waals surface area contributed by atoms with Crippen LogP contribution in [0.1, 0.15) is 26.2 Å². The molecule has 3 aromatic rings. The summed E-state index contributed by atoms with van der Waals surface area (Å²) in [7, 11) is -4.29. The smallest absolute Gasteiger partial charge is 0.246 e. The number of hydrogen-bond donors (Lipinski definition) is 3. The molecule has 0 saturated carbocycles. The van der Waals surface area contributed by atoms with Gasteiger partial charge in [0.05, 0.1) is 17.0 Å². The van der Waals surface area contributed by atoms with E-state index in [1.165, 1.54) is 6.07 Å². The van der Waals surface area contributed by atoms with E-state index >= 15 is 0 Å². The highest BCUT2D eigenvalue weighted by molar-refractivity contribution is 7.92. The lowest BCUT2D eigenvalue weighted by Gasteiger charge is -2.23. The fourth-order valence-corrected chi connectivity index (χ4v) is 5.03. The van der Waals surface area contributed by atoms with Crippen LogP contribution in [0.3, 0.4) is 0 Å². The van der Waals surface area contributed by atoms with Gasteiger partial charge in [0.1, 0.15) is 0 Å². The van der Waals surface area contributed by atoms with Gasteiger partial charge in [0.25, 0.3) is 0 Å². The molecule has 1 aromatic heterocycles. The van der Waals surface area contributed by atoms with E-state index in [1.807, 2.05) is 4.72 Å². The van der Waals surface area contributed by atoms with Gasteiger partial charge in [-0.25, -0.2) is 35.9 Å². The average molecular weight is 512 g/mol. The van der Waals surface area contributed by atoms with E-state index in [2.05, 4.69) is 20.6 Å². The summed E-state index contributed by atoms with van der Waals surface area (Å²) < 4.78 is 81.3. The molecule has 0 radical (unpaired) electrons. The predicted molar refractivity (Wildman–Crippen MR) is 127 cm³/mol. The molecule has 1 atom stereocenters. The maximum Gasteiger partial charge on any atom is 0.246 e. The Morgan fingerprint density at radius 1 is 1.17 bits per heavy atom. The number of halogens is 4. The summed E-state index contributed by atoms with van der Waals surface area (Å²) in [5.74, 6) is -6.35. The summed E-state index contributed by atoms with van der Waals surface area (Å²) in [6.45, 7) is 2.39. The second kappa shape index (κ2) is 9.94. The van der Waals surface area contributed by atoms with E-state index in [4.69, 9.17) is 0 Å². The summed E-state index contributed by atoms with van der Waals surface area (Å²) in [4.78, 5) is 8.80. The van der Waals surface area contributed by atoms with Crippen molar-refractivity contribution >= 4 is 32.6 Å². The SMILES string of the molecule is CC(F)(F)CCS(=O)(=O)Nc1ccc(-c2ccc3nc(N[C@H]4CCCNC4)ncc3c2)c(F)c1F. The maximum absolute atomic E-state index is 14.8. The van der Waals surface area contributed by atoms with Crippen LogP contribution in [0.25, 0.3) is 22.0 Å². The minimum Gasteiger partial charge on any atom is -0.350 e. The van der Waals surface area contributed by atoms with Gasteiger partial charge in [0.15, 0.2) is 11.6 Å². The number of nitrogens with zero attached hydrogens (tertiary/aromatic N) is 2. The third kappa shape index (κ3) is 6.37. The molecule has 0 spiro atoms. The minimum absolute atomic E-state index is 0.0945. The molecule has 1 aliphatic heterocycles. The van der Waals surface area contributed by atoms with Crippen LogP contribution in [0.5, 0.6) is 0 Å². The Morgan fingerprint density at radius 2 is 1.97 bits per heavy atom. The summed E-state index contributed by atoms with van der Waals surface area (Å²) in [6, 6.07) is 7.35. The van der Waals surface area contributed by atoms with Gasteiger partial charge >= 0.3 is 0 Å². The number of anilines is 2. The van der Waals surface area contributed by atoms with E-state index in [-0.39, 0.29) is 11.6 Å². The van der Waals surface area contributed by atoms with Gasteiger partial charge < -0.3 is 10.6 Å². The summed E-state index contributed by atoms with van der Waals surface area (Å²) in [6.07, 6.45) is 2.71. The summed E-state index contributed by atoms with van der Waals surface area (Å²) >= 11 is 0. The molecule has 7 nitrogen and oxygen atoms in total. The first-order chi connectivity index (χ1) is 16.5. The van der Waals surface area contributed by atoms with Crippen molar-refractivity contribution in [3.63, 3.8) is 0 Å². The number of nitrogens with one attached hydrogen (secondary N) is 3. The van der Waals surface area contributed by atoms with Crippen LogP contribution in [-0.4, -0.2) is 49.2 Å². The topological polar surface area (TPSA) is 96.0 Å². The van der Waals surface area contributed by atoms with E-state index in [9.17, 15) is 26.0 Å². The van der Waals surface area contributed by atoms with Crippen molar-refractivity contribution in [2.24, 2.45) is 0 Å². The van der Waals surface area contributed by atoms with Gasteiger partial charge in [-0.15, -0.1) is 0 Å². The van der Waals surface area contributed by atoms with Crippen LogP contribution >= 0.6 is 0 Å². The fourth-order valence-electron chi connectivity index (χ4n) is 3.81. The quantitative estimate of drug-likeness (QED) is 0.385. The molecule has 0 bridgehead atoms. The van der Waals surface area contributed by atoms with Gasteiger partial charge in [-0.1, -0.05) is 6.07 Å². The number of sulfonamides is 1. The van der Waals surface area contributed by atoms with Gasteiger partial charge in [-0.3, -0.25) is 4.72 Å². The molecule has 1 aliphatic rings. The molecule has 4 rings (SSSR count). The number of fused-ring (bicyclic) bond motifs is 1. The molecule has 2 heterocycles. The lowest BCUT2D eigenvalue weighted by molar-refractivity contribution is 0.0189. The van der Waals surface area contributed by atoms with Crippen molar-refractivity contribution in [3.8, 4) is 11.1 Å². The third-order valence-electron chi connectivity index (χ3n) is 5.68. The number of benzene rings is 2. The monoisotopic (exact) mass is 511 g/mol. The van der Waals surface area contributed by atoms with Crippen molar-refractivity contribution in [1.82, 2.24) is 15.3 Å². The zero-order valence-corrected chi connectivity index (χ0v) is 19.7. The molecule has 35 heavy (non-hydrogen) atoms. The number of aromatic nitrogens is 2. The first-order valence-corrected chi connectivity index (χ1v) is 12.8. The first-order valence-electron chi connectivity index (χ1n) is 11.1. The van der Waals surface area contributed by atoms with Gasteiger partial charge in [0.2, 0.25) is 21.9 Å². The lowest BCUT2D eigenvalue weighted by atomic mass is 10.0. The summed E-state index contributed by atoms with van der Waals surface area (Å²) in [5.41, 5.74) is 0.216. The highest BCUT2D eigenvalue weighted by atomic mass is 32.2. The molecule has 12 heteroatoms. The van der Waals surface area contributed by atoms with Crippen LogP contribution in [0.15, 0.2) is 36.5 Å². The zero-order chi connectivity index (χ0) is 25.2. The van der Waals surface area contributed by atoms with Crippen molar-refractivity contribution in [2.45, 2.75) is 38.2 Å². The number of alkyl halides is 2. The van der Waals surface area contributed by atoms with Crippen molar-refractivity contribution in [3.05, 3.63) is 48.2 Å². The molecule has 1 saturated heterocycles. The molecule has 0 aliphatic carbocycles. The second-order valence-electron chi connectivity index (χ2n) is 8.68. The molecular weight excluding hydrogens is 486 g/mol. The molecule has 2 aromatic carbocycles. The largest absolute Gasteiger partial charge is 0.350 e. The molecule has 0 unspecified atom stereocenters. The standard InChI is InChI=1S/C23H25F4N5O2S/c1-23(26,27)8-10-35(33,34)32-19-7-5-17(20(24)21(19)25)14-4-6-18-15(11-14)12-29-22(31-18)30-16-3-2-9-28-13-16/h4-7,11-12,16,28,32H,2-3,8-10,13H2,1H3,(H,29,30,31)/t16-/m0/s1. The Balaban J connectivity index is 1.54. The van der Waals surface area contributed by atoms with Crippen molar-refractivity contribution in [2.75, 3.05) is 28.9 Å². The Bertz CT molecular complexity index is 1330. The van der Waals surface area contributed by atoms with Gasteiger partial charge in [-0.2, -0.15) is 0 Å². The second-order valence-corrected chi connectivity index (χ2v) is 10.5. The number of piperidine rings is 1. The van der Waals surface area contributed by atoms with E-state index in [0.29, 0.717) is 29.3 Å². The lowest BCUT2D eigenvalue weighted by Crippen LogP contribution is -2.38. The fraction of sp³-hybridized carbons (Fsp3) is 0.391. The Hall–Kier alpha value is -2.99. The molecular formula is C23H25F4N5O2S. The van der Waals surface area contributed by atoms with Crippen molar-refractivity contribution < 1.29 is 26.0 Å². The summed E-state index contributed by atoms with van der Waals surface area (Å²) in [5, 5.41) is 7.20. The predicted octanol–water partition coefficient (Wildman–Crippen LogP) is 4.53. The highest BCUT2D eigenvalue weighted by Gasteiger charge is 2.26. The molecule has 3 N–H and O–H groups in total. The van der Waals surface area contributed by atoms with E-state index in [1.54, 1.807) is 24.4 Å².